The maximum atomic E-state index is 12.0. The second-order valence-corrected chi connectivity index (χ2v) is 4.92. The van der Waals surface area contributed by atoms with Gasteiger partial charge in [-0.1, -0.05) is 12.1 Å². The third-order valence-electron chi connectivity index (χ3n) is 3.10. The number of benzene rings is 2. The highest BCUT2D eigenvalue weighted by Gasteiger charge is 2.08. The summed E-state index contributed by atoms with van der Waals surface area (Å²) < 4.78 is 5.57. The number of nitrogens with one attached hydrogen (secondary N) is 1. The van der Waals surface area contributed by atoms with Crippen LogP contribution in [0.25, 0.3) is 0 Å². The number of phenolic OH excluding ortho intramolecular Hbond substituents is 1. The first-order valence-electron chi connectivity index (χ1n) is 6.83. The van der Waals surface area contributed by atoms with Gasteiger partial charge in [0.1, 0.15) is 18.1 Å². The van der Waals surface area contributed by atoms with E-state index in [0.717, 1.165) is 16.9 Å². The zero-order valence-electron chi connectivity index (χ0n) is 12.2. The number of rotatable bonds is 5. The molecule has 0 bridgehead atoms. The van der Waals surface area contributed by atoms with Crippen LogP contribution in [0.1, 0.15) is 21.5 Å². The lowest BCUT2D eigenvalue weighted by atomic mass is 10.1. The molecule has 0 aliphatic rings. The Labute approximate surface area is 124 Å². The Kier molecular flexibility index (Phi) is 4.82. The van der Waals surface area contributed by atoms with Gasteiger partial charge in [0, 0.05) is 5.56 Å². The van der Waals surface area contributed by atoms with Crippen molar-refractivity contribution in [1.29, 1.82) is 0 Å². The molecule has 0 saturated carbocycles. The standard InChI is InChI=1S/C17H19NO3/c1-12-4-3-5-15(10-12)21-9-8-18-17(20)16-7-6-14(19)11-13(16)2/h3-7,10-11,19H,8-9H2,1-2H3,(H,18,20). The molecule has 0 aliphatic carbocycles. The Hall–Kier alpha value is -2.49. The zero-order chi connectivity index (χ0) is 15.2. The van der Waals surface area contributed by atoms with Crippen molar-refractivity contribution in [2.45, 2.75) is 13.8 Å². The van der Waals surface area contributed by atoms with E-state index in [2.05, 4.69) is 5.32 Å². The average molecular weight is 285 g/mol. The Balaban J connectivity index is 1.82. The smallest absolute Gasteiger partial charge is 0.251 e. The van der Waals surface area contributed by atoms with Gasteiger partial charge in [-0.15, -0.1) is 0 Å². The third-order valence-corrected chi connectivity index (χ3v) is 3.10. The van der Waals surface area contributed by atoms with Gasteiger partial charge in [-0.05, 0) is 55.3 Å². The predicted molar refractivity (Wildman–Crippen MR) is 81.9 cm³/mol. The summed E-state index contributed by atoms with van der Waals surface area (Å²) >= 11 is 0. The van der Waals surface area contributed by atoms with Crippen LogP contribution in [0.3, 0.4) is 0 Å². The van der Waals surface area contributed by atoms with Crippen LogP contribution in [-0.2, 0) is 0 Å². The molecular weight excluding hydrogens is 266 g/mol. The molecule has 2 aromatic carbocycles. The third kappa shape index (κ3) is 4.24. The van der Waals surface area contributed by atoms with Crippen LogP contribution in [-0.4, -0.2) is 24.2 Å². The molecule has 0 aromatic heterocycles. The lowest BCUT2D eigenvalue weighted by Gasteiger charge is -2.09. The van der Waals surface area contributed by atoms with Crippen LogP contribution in [0.15, 0.2) is 42.5 Å². The van der Waals surface area contributed by atoms with Crippen molar-refractivity contribution in [2.24, 2.45) is 0 Å². The molecule has 0 radical (unpaired) electrons. The fraction of sp³-hybridized carbons (Fsp3) is 0.235. The number of hydrogen-bond acceptors (Lipinski definition) is 3. The van der Waals surface area contributed by atoms with Gasteiger partial charge in [0.2, 0.25) is 0 Å². The van der Waals surface area contributed by atoms with Crippen molar-refractivity contribution in [3.8, 4) is 11.5 Å². The summed E-state index contributed by atoms with van der Waals surface area (Å²) in [6, 6.07) is 12.5. The van der Waals surface area contributed by atoms with Gasteiger partial charge in [0.05, 0.1) is 6.54 Å². The summed E-state index contributed by atoms with van der Waals surface area (Å²) in [5.74, 6) is 0.789. The first-order valence-corrected chi connectivity index (χ1v) is 6.83. The molecule has 2 rings (SSSR count). The van der Waals surface area contributed by atoms with E-state index in [1.54, 1.807) is 19.1 Å². The molecule has 2 N–H and O–H groups in total. The van der Waals surface area contributed by atoms with Crippen molar-refractivity contribution in [2.75, 3.05) is 13.2 Å². The maximum absolute atomic E-state index is 12.0. The van der Waals surface area contributed by atoms with Crippen LogP contribution in [0.4, 0.5) is 0 Å². The predicted octanol–water partition coefficient (Wildman–Crippen LogP) is 2.82. The summed E-state index contributed by atoms with van der Waals surface area (Å²) in [4.78, 5) is 12.0. The molecule has 0 unspecified atom stereocenters. The Morgan fingerprint density at radius 3 is 2.71 bits per heavy atom. The highest BCUT2D eigenvalue weighted by atomic mass is 16.5. The fourth-order valence-electron chi connectivity index (χ4n) is 2.04. The topological polar surface area (TPSA) is 58.6 Å². The maximum Gasteiger partial charge on any atom is 0.251 e. The normalized spacial score (nSPS) is 10.2. The van der Waals surface area contributed by atoms with Crippen molar-refractivity contribution in [3.05, 3.63) is 59.2 Å². The molecular formula is C17H19NO3. The molecule has 0 aliphatic heterocycles. The van der Waals surface area contributed by atoms with Crippen molar-refractivity contribution in [3.63, 3.8) is 0 Å². The Bertz CT molecular complexity index is 638. The summed E-state index contributed by atoms with van der Waals surface area (Å²) in [5.41, 5.74) is 2.44. The van der Waals surface area contributed by atoms with Gasteiger partial charge < -0.3 is 15.2 Å². The second kappa shape index (κ2) is 6.79. The number of carbonyl (C=O) groups is 1. The highest BCUT2D eigenvalue weighted by molar-refractivity contribution is 5.95. The number of aryl methyl sites for hydroxylation is 2. The van der Waals surface area contributed by atoms with Crippen molar-refractivity contribution >= 4 is 5.91 Å². The van der Waals surface area contributed by atoms with E-state index < -0.39 is 0 Å². The molecule has 0 fully saturated rings. The molecule has 2 aromatic rings. The largest absolute Gasteiger partial charge is 0.508 e. The Morgan fingerprint density at radius 1 is 1.19 bits per heavy atom. The van der Waals surface area contributed by atoms with Crippen molar-refractivity contribution < 1.29 is 14.6 Å². The van der Waals surface area contributed by atoms with Gasteiger partial charge >= 0.3 is 0 Å². The molecule has 4 nitrogen and oxygen atoms in total. The van der Waals surface area contributed by atoms with E-state index >= 15 is 0 Å². The average Bonchev–Trinajstić information content (AvgIpc) is 2.43. The minimum Gasteiger partial charge on any atom is -0.508 e. The second-order valence-electron chi connectivity index (χ2n) is 4.92. The lowest BCUT2D eigenvalue weighted by molar-refractivity contribution is 0.0946. The van der Waals surface area contributed by atoms with E-state index in [4.69, 9.17) is 4.74 Å². The van der Waals surface area contributed by atoms with Crippen LogP contribution in [0, 0.1) is 13.8 Å². The lowest BCUT2D eigenvalue weighted by Crippen LogP contribution is -2.28. The fourth-order valence-corrected chi connectivity index (χ4v) is 2.04. The van der Waals surface area contributed by atoms with Crippen LogP contribution in [0.5, 0.6) is 11.5 Å². The number of carbonyl (C=O) groups excluding carboxylic acids is 1. The first kappa shape index (κ1) is 14.9. The van der Waals surface area contributed by atoms with Gasteiger partial charge in [-0.2, -0.15) is 0 Å². The number of amides is 1. The van der Waals surface area contributed by atoms with E-state index in [1.807, 2.05) is 31.2 Å². The molecule has 0 saturated heterocycles. The van der Waals surface area contributed by atoms with E-state index in [1.165, 1.54) is 6.07 Å². The van der Waals surface area contributed by atoms with Gasteiger partial charge in [0.15, 0.2) is 0 Å². The molecule has 110 valence electrons. The SMILES string of the molecule is Cc1cccc(OCCNC(=O)c2ccc(O)cc2C)c1. The Morgan fingerprint density at radius 2 is 2.00 bits per heavy atom. The quantitative estimate of drug-likeness (QED) is 0.831. The summed E-state index contributed by atoms with van der Waals surface area (Å²) in [5, 5.41) is 12.1. The first-order chi connectivity index (χ1) is 10.1. The molecule has 0 atom stereocenters. The van der Waals surface area contributed by atoms with Crippen molar-refractivity contribution in [1.82, 2.24) is 5.32 Å². The summed E-state index contributed by atoms with van der Waals surface area (Å²) in [7, 11) is 0. The number of hydrogen-bond donors (Lipinski definition) is 2. The number of phenols is 1. The number of aromatic hydroxyl groups is 1. The minimum atomic E-state index is -0.166. The van der Waals surface area contributed by atoms with Gasteiger partial charge in [0.25, 0.3) is 5.91 Å². The molecule has 0 heterocycles. The van der Waals surface area contributed by atoms with Gasteiger partial charge in [-0.25, -0.2) is 0 Å². The molecule has 0 spiro atoms. The van der Waals surface area contributed by atoms with E-state index in [-0.39, 0.29) is 11.7 Å². The summed E-state index contributed by atoms with van der Waals surface area (Å²) in [6.07, 6.45) is 0. The van der Waals surface area contributed by atoms with Gasteiger partial charge in [-0.3, -0.25) is 4.79 Å². The van der Waals surface area contributed by atoms with E-state index in [9.17, 15) is 9.90 Å². The monoisotopic (exact) mass is 285 g/mol. The van der Waals surface area contributed by atoms with Crippen LogP contribution in [0.2, 0.25) is 0 Å². The zero-order valence-corrected chi connectivity index (χ0v) is 12.2. The van der Waals surface area contributed by atoms with Crippen LogP contribution < -0.4 is 10.1 Å². The molecule has 21 heavy (non-hydrogen) atoms. The molecule has 4 heteroatoms. The summed E-state index contributed by atoms with van der Waals surface area (Å²) in [6.45, 7) is 4.62. The highest BCUT2D eigenvalue weighted by Crippen LogP contribution is 2.15. The molecule has 1 amide bonds. The minimum absolute atomic E-state index is 0.159. The van der Waals surface area contributed by atoms with E-state index in [0.29, 0.717) is 18.7 Å². The number of ether oxygens (including phenoxy) is 1. The van der Waals surface area contributed by atoms with Crippen LogP contribution >= 0.6 is 0 Å².